The van der Waals surface area contributed by atoms with Crippen molar-refractivity contribution >= 4 is 21.6 Å². The summed E-state index contributed by atoms with van der Waals surface area (Å²) in [6, 6.07) is 5.90. The van der Waals surface area contributed by atoms with Crippen LogP contribution in [-0.2, 0) is 22.9 Å². The average Bonchev–Trinajstić information content (AvgIpc) is 3.23. The van der Waals surface area contributed by atoms with Crippen molar-refractivity contribution in [2.45, 2.75) is 56.9 Å². The maximum atomic E-state index is 12.7. The Kier molecular flexibility index (Phi) is 7.24. The fourth-order valence-electron chi connectivity index (χ4n) is 5.17. The fourth-order valence-corrected chi connectivity index (χ4v) is 6.91. The summed E-state index contributed by atoms with van der Waals surface area (Å²) in [5.74, 6) is 1.71. The van der Waals surface area contributed by atoms with Gasteiger partial charge in [0.25, 0.3) is 0 Å². The van der Waals surface area contributed by atoms with Crippen LogP contribution in [0.25, 0.3) is 0 Å². The molecule has 4 rings (SSSR count). The van der Waals surface area contributed by atoms with E-state index in [1.54, 1.807) is 26.4 Å². The van der Waals surface area contributed by atoms with E-state index in [1.807, 2.05) is 13.8 Å². The fraction of sp³-hybridized carbons (Fsp3) is 0.520. The number of unbranched alkanes of at least 4 members (excludes halogenated alkanes) is 1. The van der Waals surface area contributed by atoms with E-state index < -0.39 is 10.0 Å². The third kappa shape index (κ3) is 4.74. The molecule has 1 aliphatic carbocycles. The van der Waals surface area contributed by atoms with Crippen LogP contribution in [0, 0.1) is 13.8 Å². The van der Waals surface area contributed by atoms with E-state index in [-0.39, 0.29) is 9.92 Å². The van der Waals surface area contributed by atoms with Crippen LogP contribution in [0.2, 0.25) is 5.02 Å². The predicted octanol–water partition coefficient (Wildman–Crippen LogP) is 4.58. The Morgan fingerprint density at radius 3 is 2.58 bits per heavy atom. The molecule has 1 aliphatic heterocycles. The molecule has 33 heavy (non-hydrogen) atoms. The third-order valence-corrected chi connectivity index (χ3v) is 8.94. The lowest BCUT2D eigenvalue weighted by molar-refractivity contribution is 0.182. The van der Waals surface area contributed by atoms with Crippen molar-refractivity contribution < 1.29 is 17.9 Å². The molecule has 0 fully saturated rings. The molecule has 0 radical (unpaired) electrons. The summed E-state index contributed by atoms with van der Waals surface area (Å²) in [5, 5.41) is 0.265. The highest BCUT2D eigenvalue weighted by molar-refractivity contribution is 7.89. The first kappa shape index (κ1) is 24.3. The first-order valence-corrected chi connectivity index (χ1v) is 13.4. The van der Waals surface area contributed by atoms with Crippen molar-refractivity contribution in [3.63, 3.8) is 0 Å². The van der Waals surface area contributed by atoms with Crippen molar-refractivity contribution in [3.05, 3.63) is 51.0 Å². The number of halogens is 1. The van der Waals surface area contributed by atoms with Gasteiger partial charge < -0.3 is 9.47 Å². The third-order valence-electron chi connectivity index (χ3n) is 7.01. The summed E-state index contributed by atoms with van der Waals surface area (Å²) in [7, 11) is -0.214. The number of benzene rings is 2. The van der Waals surface area contributed by atoms with E-state index in [2.05, 4.69) is 15.7 Å². The Labute approximate surface area is 202 Å². The van der Waals surface area contributed by atoms with Crippen LogP contribution < -0.4 is 14.2 Å². The van der Waals surface area contributed by atoms with Crippen LogP contribution in [0.15, 0.2) is 23.1 Å². The smallest absolute Gasteiger partial charge is 0.242 e. The Morgan fingerprint density at radius 1 is 1.09 bits per heavy atom. The van der Waals surface area contributed by atoms with Gasteiger partial charge in [0, 0.05) is 24.7 Å². The van der Waals surface area contributed by atoms with Crippen LogP contribution in [-0.4, -0.2) is 47.2 Å². The zero-order valence-corrected chi connectivity index (χ0v) is 21.4. The zero-order valence-electron chi connectivity index (χ0n) is 19.8. The summed E-state index contributed by atoms with van der Waals surface area (Å²) in [6.45, 7) is 6.17. The molecule has 0 saturated carbocycles. The highest BCUT2D eigenvalue weighted by Crippen LogP contribution is 2.48. The standard InChI is InChI=1S/C25H33ClN2O4S/c1-16-13-20(26)23(14-17(16)2)33(29,30)27-10-5-6-11-28-12-9-18-15-22(31-3)25(32-4)19-7-8-21(28)24(18)19/h13-15,21,27H,5-12H2,1-4H3. The highest BCUT2D eigenvalue weighted by Gasteiger charge is 2.36. The summed E-state index contributed by atoms with van der Waals surface area (Å²) in [4.78, 5) is 2.70. The average molecular weight is 493 g/mol. The molecule has 1 atom stereocenters. The molecule has 0 spiro atoms. The topological polar surface area (TPSA) is 67.9 Å². The Bertz CT molecular complexity index is 1150. The first-order valence-electron chi connectivity index (χ1n) is 11.5. The number of methoxy groups -OCH3 is 2. The van der Waals surface area contributed by atoms with Gasteiger partial charge in [-0.3, -0.25) is 4.90 Å². The number of rotatable bonds is 9. The number of sulfonamides is 1. The molecule has 1 unspecified atom stereocenters. The maximum Gasteiger partial charge on any atom is 0.242 e. The van der Waals surface area contributed by atoms with Crippen molar-refractivity contribution in [2.75, 3.05) is 33.9 Å². The van der Waals surface area contributed by atoms with Crippen LogP contribution in [0.3, 0.4) is 0 Å². The summed E-state index contributed by atoms with van der Waals surface area (Å²) in [6.07, 6.45) is 4.79. The molecule has 6 nitrogen and oxygen atoms in total. The van der Waals surface area contributed by atoms with Crippen molar-refractivity contribution in [3.8, 4) is 11.5 Å². The molecular formula is C25H33ClN2O4S. The van der Waals surface area contributed by atoms with E-state index in [0.29, 0.717) is 12.6 Å². The van der Waals surface area contributed by atoms with E-state index in [9.17, 15) is 8.42 Å². The molecule has 0 bridgehead atoms. The van der Waals surface area contributed by atoms with E-state index in [1.165, 1.54) is 16.7 Å². The second kappa shape index (κ2) is 9.82. The Morgan fingerprint density at radius 2 is 1.85 bits per heavy atom. The van der Waals surface area contributed by atoms with E-state index in [0.717, 1.165) is 67.8 Å². The van der Waals surface area contributed by atoms with Gasteiger partial charge in [-0.05, 0) is 92.9 Å². The number of nitrogens with zero attached hydrogens (tertiary/aromatic N) is 1. The van der Waals surface area contributed by atoms with Gasteiger partial charge in [0.05, 0.1) is 19.2 Å². The number of ether oxygens (including phenoxy) is 2. The molecular weight excluding hydrogens is 460 g/mol. The lowest BCUT2D eigenvalue weighted by atomic mass is 9.92. The van der Waals surface area contributed by atoms with Crippen LogP contribution >= 0.6 is 11.6 Å². The Hall–Kier alpha value is -1.80. The largest absolute Gasteiger partial charge is 0.493 e. The van der Waals surface area contributed by atoms with Gasteiger partial charge in [-0.25, -0.2) is 13.1 Å². The van der Waals surface area contributed by atoms with Gasteiger partial charge in [-0.1, -0.05) is 11.6 Å². The second-order valence-corrected chi connectivity index (χ2v) is 11.1. The van der Waals surface area contributed by atoms with Crippen molar-refractivity contribution in [1.29, 1.82) is 0 Å². The van der Waals surface area contributed by atoms with Crippen molar-refractivity contribution in [2.24, 2.45) is 0 Å². The molecule has 2 aromatic carbocycles. The van der Waals surface area contributed by atoms with E-state index >= 15 is 0 Å². The highest BCUT2D eigenvalue weighted by atomic mass is 35.5. The van der Waals surface area contributed by atoms with Gasteiger partial charge in [-0.2, -0.15) is 0 Å². The van der Waals surface area contributed by atoms with Gasteiger partial charge in [0.15, 0.2) is 11.5 Å². The van der Waals surface area contributed by atoms with Crippen molar-refractivity contribution in [1.82, 2.24) is 9.62 Å². The molecule has 1 N–H and O–H groups in total. The van der Waals surface area contributed by atoms with Crippen LogP contribution in [0.1, 0.15) is 53.1 Å². The SMILES string of the molecule is COc1cc2c3c(c1OC)CCC3N(CCCCNS(=O)(=O)c1cc(C)c(C)cc1Cl)CC2. The second-order valence-electron chi connectivity index (χ2n) is 8.98. The quantitative estimate of drug-likeness (QED) is 0.519. The summed E-state index contributed by atoms with van der Waals surface area (Å²) in [5.41, 5.74) is 5.98. The lowest BCUT2D eigenvalue weighted by Crippen LogP contribution is -2.35. The molecule has 1 heterocycles. The zero-order chi connectivity index (χ0) is 23.8. The van der Waals surface area contributed by atoms with Crippen LogP contribution in [0.4, 0.5) is 0 Å². The molecule has 2 aromatic rings. The minimum Gasteiger partial charge on any atom is -0.493 e. The normalized spacial score (nSPS) is 17.8. The first-order chi connectivity index (χ1) is 15.8. The van der Waals surface area contributed by atoms with Crippen LogP contribution in [0.5, 0.6) is 11.5 Å². The van der Waals surface area contributed by atoms with E-state index in [4.69, 9.17) is 21.1 Å². The Balaban J connectivity index is 1.34. The number of hydrogen-bond donors (Lipinski definition) is 1. The lowest BCUT2D eigenvalue weighted by Gasteiger charge is -2.35. The number of nitrogens with one attached hydrogen (secondary N) is 1. The monoisotopic (exact) mass is 492 g/mol. The molecule has 2 aliphatic rings. The van der Waals surface area contributed by atoms with Gasteiger partial charge in [-0.15, -0.1) is 0 Å². The van der Waals surface area contributed by atoms with Gasteiger partial charge in [0.1, 0.15) is 4.90 Å². The maximum absolute atomic E-state index is 12.7. The minimum absolute atomic E-state index is 0.155. The summed E-state index contributed by atoms with van der Waals surface area (Å²) >= 11 is 6.20. The van der Waals surface area contributed by atoms with Gasteiger partial charge in [0.2, 0.25) is 10.0 Å². The molecule has 0 aromatic heterocycles. The molecule has 8 heteroatoms. The van der Waals surface area contributed by atoms with Gasteiger partial charge >= 0.3 is 0 Å². The minimum atomic E-state index is -3.62. The molecule has 180 valence electrons. The number of aryl methyl sites for hydroxylation is 2. The number of hydrogen-bond acceptors (Lipinski definition) is 5. The molecule has 0 amide bonds. The summed E-state index contributed by atoms with van der Waals surface area (Å²) < 4.78 is 39.4. The predicted molar refractivity (Wildman–Crippen MR) is 131 cm³/mol. The molecule has 0 saturated heterocycles.